The minimum Gasteiger partial charge on any atom is -0.350 e. The highest BCUT2D eigenvalue weighted by atomic mass is 79.9. The van der Waals surface area contributed by atoms with Crippen molar-refractivity contribution >= 4 is 34.2 Å². The Morgan fingerprint density at radius 2 is 1.96 bits per heavy atom. The normalized spacial score (nSPS) is 16.1. The summed E-state index contributed by atoms with van der Waals surface area (Å²) in [5, 5.41) is 10.8. The highest BCUT2D eigenvalue weighted by molar-refractivity contribution is 9.10. The van der Waals surface area contributed by atoms with Gasteiger partial charge in [0, 0.05) is 23.4 Å². The van der Waals surface area contributed by atoms with Crippen LogP contribution in [0.15, 0.2) is 35.1 Å². The highest BCUT2D eigenvalue weighted by Crippen LogP contribution is 2.28. The van der Waals surface area contributed by atoms with Gasteiger partial charge in [-0.3, -0.25) is 9.48 Å². The highest BCUT2D eigenvalue weighted by Gasteiger charge is 2.41. The maximum absolute atomic E-state index is 13.1. The molecule has 7 heteroatoms. The molecule has 1 fully saturated rings. The Kier molecular flexibility index (Phi) is 6.65. The predicted molar refractivity (Wildman–Crippen MR) is 105 cm³/mol. The molecular weight excluding hydrogens is 404 g/mol. The lowest BCUT2D eigenvalue weighted by Gasteiger charge is -2.36. The third-order valence-electron chi connectivity index (χ3n) is 4.88. The zero-order chi connectivity index (χ0) is 17.2. The molecule has 1 aromatic heterocycles. The topological polar surface area (TPSA) is 59.0 Å². The second kappa shape index (κ2) is 8.34. The molecule has 1 aliphatic heterocycles. The maximum Gasteiger partial charge on any atom is 0.248 e. The van der Waals surface area contributed by atoms with Crippen molar-refractivity contribution in [3.05, 3.63) is 51.8 Å². The standard InChI is InChI=1S/C18H23BrN4O.ClH/c1-13-10-15(19)11-14(2)16(13)12-21-17(24)18(4-7-20-8-5-18)23-9-3-6-22-23;/h3,6,9-11,20H,4-5,7-8,12H2,1-2H3,(H,21,24);1H. The monoisotopic (exact) mass is 426 g/mol. The first-order valence-corrected chi connectivity index (χ1v) is 9.07. The predicted octanol–water partition coefficient (Wildman–Crippen LogP) is 3.08. The van der Waals surface area contributed by atoms with Gasteiger partial charge in [-0.25, -0.2) is 0 Å². The Morgan fingerprint density at radius 3 is 2.52 bits per heavy atom. The van der Waals surface area contributed by atoms with Gasteiger partial charge >= 0.3 is 0 Å². The van der Waals surface area contributed by atoms with E-state index in [0.29, 0.717) is 6.54 Å². The Bertz CT molecular complexity index is 704. The van der Waals surface area contributed by atoms with Crippen LogP contribution in [0.4, 0.5) is 0 Å². The average Bonchev–Trinajstić information content (AvgIpc) is 3.09. The first kappa shape index (κ1) is 19.9. The molecule has 1 amide bonds. The van der Waals surface area contributed by atoms with Crippen LogP contribution in [0.3, 0.4) is 0 Å². The summed E-state index contributed by atoms with van der Waals surface area (Å²) in [5.74, 6) is 0.0504. The second-order valence-corrected chi connectivity index (χ2v) is 7.35. The van der Waals surface area contributed by atoms with Gasteiger partial charge in [0.05, 0.1) is 0 Å². The molecule has 2 N–H and O–H groups in total. The number of carbonyl (C=O) groups excluding carboxylic acids is 1. The molecule has 1 aliphatic rings. The molecule has 0 radical (unpaired) electrons. The van der Waals surface area contributed by atoms with Crippen molar-refractivity contribution in [2.75, 3.05) is 13.1 Å². The summed E-state index contributed by atoms with van der Waals surface area (Å²) < 4.78 is 2.89. The summed E-state index contributed by atoms with van der Waals surface area (Å²) in [5.41, 5.74) is 2.95. The SMILES string of the molecule is Cc1cc(Br)cc(C)c1CNC(=O)C1(n2cccn2)CCNCC1.Cl. The molecule has 0 spiro atoms. The van der Waals surface area contributed by atoms with Crippen LogP contribution in [0.5, 0.6) is 0 Å². The summed E-state index contributed by atoms with van der Waals surface area (Å²) >= 11 is 3.52. The van der Waals surface area contributed by atoms with E-state index in [4.69, 9.17) is 0 Å². The van der Waals surface area contributed by atoms with Crippen LogP contribution in [0.1, 0.15) is 29.5 Å². The molecule has 5 nitrogen and oxygen atoms in total. The van der Waals surface area contributed by atoms with Crippen molar-refractivity contribution in [3.8, 4) is 0 Å². The fourth-order valence-corrected chi connectivity index (χ4v) is 4.16. The van der Waals surface area contributed by atoms with E-state index in [9.17, 15) is 4.79 Å². The van der Waals surface area contributed by atoms with E-state index >= 15 is 0 Å². The van der Waals surface area contributed by atoms with Gasteiger partial charge in [-0.15, -0.1) is 12.4 Å². The molecule has 1 saturated heterocycles. The summed E-state index contributed by atoms with van der Waals surface area (Å²) in [4.78, 5) is 13.1. The fourth-order valence-electron chi connectivity index (χ4n) is 3.48. The zero-order valence-electron chi connectivity index (χ0n) is 14.5. The van der Waals surface area contributed by atoms with Crippen molar-refractivity contribution < 1.29 is 4.79 Å². The number of rotatable bonds is 4. The molecule has 0 bridgehead atoms. The number of nitrogens with zero attached hydrogens (tertiary/aromatic N) is 2. The van der Waals surface area contributed by atoms with Gasteiger partial charge in [-0.05, 0) is 74.7 Å². The lowest BCUT2D eigenvalue weighted by molar-refractivity contribution is -0.132. The van der Waals surface area contributed by atoms with Gasteiger partial charge < -0.3 is 10.6 Å². The lowest BCUT2D eigenvalue weighted by Crippen LogP contribution is -2.54. The number of benzene rings is 1. The van der Waals surface area contributed by atoms with E-state index < -0.39 is 5.54 Å². The van der Waals surface area contributed by atoms with Crippen LogP contribution >= 0.6 is 28.3 Å². The summed E-state index contributed by atoms with van der Waals surface area (Å²) in [6, 6.07) is 6.05. The first-order chi connectivity index (χ1) is 11.5. The Labute approximate surface area is 163 Å². The molecule has 3 rings (SSSR count). The summed E-state index contributed by atoms with van der Waals surface area (Å²) in [6.07, 6.45) is 5.12. The molecule has 25 heavy (non-hydrogen) atoms. The molecule has 136 valence electrons. The molecule has 1 aromatic carbocycles. The second-order valence-electron chi connectivity index (χ2n) is 6.43. The van der Waals surface area contributed by atoms with Crippen molar-refractivity contribution in [1.29, 1.82) is 0 Å². The minimum atomic E-state index is -0.591. The van der Waals surface area contributed by atoms with Gasteiger partial charge in [0.25, 0.3) is 0 Å². The molecule has 0 saturated carbocycles. The van der Waals surface area contributed by atoms with E-state index in [1.165, 1.54) is 16.7 Å². The largest absolute Gasteiger partial charge is 0.350 e. The molecule has 2 heterocycles. The van der Waals surface area contributed by atoms with Crippen LogP contribution < -0.4 is 10.6 Å². The van der Waals surface area contributed by atoms with Crippen LogP contribution in [0, 0.1) is 13.8 Å². The van der Waals surface area contributed by atoms with Gasteiger partial charge in [0.15, 0.2) is 0 Å². The lowest BCUT2D eigenvalue weighted by atomic mass is 9.87. The molecular formula is C18H24BrClN4O. The number of hydrogen-bond donors (Lipinski definition) is 2. The van der Waals surface area contributed by atoms with Crippen molar-refractivity contribution in [2.24, 2.45) is 0 Å². The van der Waals surface area contributed by atoms with Crippen molar-refractivity contribution in [3.63, 3.8) is 0 Å². The van der Waals surface area contributed by atoms with Crippen molar-refractivity contribution in [2.45, 2.75) is 38.8 Å². The van der Waals surface area contributed by atoms with Gasteiger partial charge in [-0.2, -0.15) is 5.10 Å². The maximum atomic E-state index is 13.1. The Balaban J connectivity index is 0.00000225. The van der Waals surface area contributed by atoms with Crippen LogP contribution in [-0.2, 0) is 16.9 Å². The van der Waals surface area contributed by atoms with Gasteiger partial charge in [0.2, 0.25) is 5.91 Å². The number of aromatic nitrogens is 2. The number of hydrogen-bond acceptors (Lipinski definition) is 3. The molecule has 0 unspecified atom stereocenters. The zero-order valence-corrected chi connectivity index (χ0v) is 16.9. The number of aryl methyl sites for hydroxylation is 2. The van der Waals surface area contributed by atoms with Gasteiger partial charge in [0.1, 0.15) is 5.54 Å². The Morgan fingerprint density at radius 1 is 1.32 bits per heavy atom. The van der Waals surface area contributed by atoms with Crippen LogP contribution in [0.2, 0.25) is 0 Å². The van der Waals surface area contributed by atoms with E-state index in [0.717, 1.165) is 30.4 Å². The van der Waals surface area contributed by atoms with Gasteiger partial charge in [-0.1, -0.05) is 15.9 Å². The average molecular weight is 428 g/mol. The number of nitrogens with one attached hydrogen (secondary N) is 2. The summed E-state index contributed by atoms with van der Waals surface area (Å²) in [6.45, 7) is 6.34. The minimum absolute atomic E-state index is 0. The van der Waals surface area contributed by atoms with Crippen LogP contribution in [0.25, 0.3) is 0 Å². The van der Waals surface area contributed by atoms with E-state index in [1.807, 2.05) is 16.9 Å². The molecule has 0 atom stereocenters. The number of piperidine rings is 1. The third kappa shape index (κ3) is 4.07. The fraction of sp³-hybridized carbons (Fsp3) is 0.444. The van der Waals surface area contributed by atoms with E-state index in [-0.39, 0.29) is 18.3 Å². The molecule has 0 aliphatic carbocycles. The quantitative estimate of drug-likeness (QED) is 0.788. The first-order valence-electron chi connectivity index (χ1n) is 8.28. The van der Waals surface area contributed by atoms with Crippen molar-refractivity contribution in [1.82, 2.24) is 20.4 Å². The smallest absolute Gasteiger partial charge is 0.248 e. The number of halogens is 2. The molecule has 2 aromatic rings. The Hall–Kier alpha value is -1.37. The third-order valence-corrected chi connectivity index (χ3v) is 5.34. The van der Waals surface area contributed by atoms with Crippen LogP contribution in [-0.4, -0.2) is 28.8 Å². The summed E-state index contributed by atoms with van der Waals surface area (Å²) in [7, 11) is 0. The number of carbonyl (C=O) groups is 1. The van der Waals surface area contributed by atoms with E-state index in [2.05, 4.69) is 57.6 Å². The van der Waals surface area contributed by atoms with E-state index in [1.54, 1.807) is 6.20 Å². The number of amides is 1.